The topological polar surface area (TPSA) is 97.1 Å². The molecule has 2 amide bonds. The Balaban J connectivity index is 1.57. The number of hydrogen-bond donors (Lipinski definition) is 2. The van der Waals surface area contributed by atoms with E-state index < -0.39 is 6.04 Å². The number of nitrogens with zero attached hydrogens (tertiary/aromatic N) is 2. The summed E-state index contributed by atoms with van der Waals surface area (Å²) in [4.78, 5) is 27.9. The van der Waals surface area contributed by atoms with E-state index in [-0.39, 0.29) is 18.4 Å². The van der Waals surface area contributed by atoms with Gasteiger partial charge in [0, 0.05) is 23.5 Å². The molecule has 0 unspecified atom stereocenters. The molecular weight excluding hydrogens is 316 g/mol. The van der Waals surface area contributed by atoms with Crippen molar-refractivity contribution in [1.82, 2.24) is 20.8 Å². The van der Waals surface area contributed by atoms with Gasteiger partial charge in [0.15, 0.2) is 0 Å². The van der Waals surface area contributed by atoms with Gasteiger partial charge in [0.05, 0.1) is 6.54 Å². The monoisotopic (exact) mass is 332 g/mol. The van der Waals surface area contributed by atoms with Gasteiger partial charge in [0.2, 0.25) is 23.5 Å². The van der Waals surface area contributed by atoms with E-state index in [0.29, 0.717) is 23.9 Å². The zero-order valence-electron chi connectivity index (χ0n) is 12.3. The van der Waals surface area contributed by atoms with E-state index in [9.17, 15) is 9.59 Å². The molecule has 1 saturated heterocycles. The second-order valence-electron chi connectivity index (χ2n) is 5.04. The largest absolute Gasteiger partial charge is 0.345 e. The molecule has 8 heteroatoms. The third-order valence-electron chi connectivity index (χ3n) is 3.32. The Labute approximate surface area is 137 Å². The Morgan fingerprint density at radius 1 is 1.39 bits per heavy atom. The quantitative estimate of drug-likeness (QED) is 0.866. The number of thioether (sulfide) groups is 1. The minimum atomic E-state index is -0.522. The average Bonchev–Trinajstić information content (AvgIpc) is 2.94. The van der Waals surface area contributed by atoms with Crippen LogP contribution in [-0.4, -0.2) is 39.5 Å². The molecule has 0 bridgehead atoms. The second kappa shape index (κ2) is 7.28. The van der Waals surface area contributed by atoms with Gasteiger partial charge in [0.1, 0.15) is 6.04 Å². The zero-order valence-corrected chi connectivity index (χ0v) is 13.1. The van der Waals surface area contributed by atoms with Crippen molar-refractivity contribution >= 4 is 23.6 Å². The van der Waals surface area contributed by atoms with E-state index in [0.717, 1.165) is 11.3 Å². The minimum Gasteiger partial charge on any atom is -0.345 e. The van der Waals surface area contributed by atoms with Crippen LogP contribution in [0.4, 0.5) is 0 Å². The first-order valence-electron chi connectivity index (χ1n) is 7.25. The normalized spacial score (nSPS) is 18.1. The highest BCUT2D eigenvalue weighted by Gasteiger charge is 2.23. The van der Waals surface area contributed by atoms with Crippen LogP contribution in [0.1, 0.15) is 12.3 Å². The molecule has 1 aliphatic heterocycles. The van der Waals surface area contributed by atoms with E-state index >= 15 is 0 Å². The van der Waals surface area contributed by atoms with Crippen LogP contribution in [0.3, 0.4) is 0 Å². The van der Waals surface area contributed by atoms with Crippen molar-refractivity contribution in [3.63, 3.8) is 0 Å². The van der Waals surface area contributed by atoms with Gasteiger partial charge in [-0.2, -0.15) is 16.7 Å². The van der Waals surface area contributed by atoms with Gasteiger partial charge in [-0.25, -0.2) is 0 Å². The van der Waals surface area contributed by atoms with Crippen LogP contribution in [0.2, 0.25) is 0 Å². The number of aromatic nitrogens is 2. The Kier molecular flexibility index (Phi) is 4.92. The molecular formula is C15H16N4O3S. The third kappa shape index (κ3) is 4.10. The Bertz CT molecular complexity index is 689. The van der Waals surface area contributed by atoms with Crippen molar-refractivity contribution in [3.8, 4) is 11.4 Å². The molecule has 2 aromatic rings. The maximum atomic E-state index is 12.1. The molecule has 1 fully saturated rings. The minimum absolute atomic E-state index is 0.0979. The fourth-order valence-corrected chi connectivity index (χ4v) is 3.10. The summed E-state index contributed by atoms with van der Waals surface area (Å²) in [7, 11) is 0. The highest BCUT2D eigenvalue weighted by atomic mass is 32.2. The summed E-state index contributed by atoms with van der Waals surface area (Å²) < 4.78 is 5.13. The highest BCUT2D eigenvalue weighted by Crippen LogP contribution is 2.14. The van der Waals surface area contributed by atoms with Crippen LogP contribution >= 0.6 is 11.8 Å². The summed E-state index contributed by atoms with van der Waals surface area (Å²) in [6, 6.07) is 8.92. The van der Waals surface area contributed by atoms with E-state index in [4.69, 9.17) is 4.52 Å². The summed E-state index contributed by atoms with van der Waals surface area (Å²) in [6.07, 6.45) is 0.443. The number of nitrogens with one attached hydrogen (secondary N) is 2. The number of benzene rings is 1. The van der Waals surface area contributed by atoms with Crippen molar-refractivity contribution in [2.75, 3.05) is 11.5 Å². The molecule has 3 rings (SSSR count). The first kappa shape index (κ1) is 15.5. The Hall–Kier alpha value is -2.35. The fraction of sp³-hybridized carbons (Fsp3) is 0.333. The van der Waals surface area contributed by atoms with Gasteiger partial charge >= 0.3 is 0 Å². The fourth-order valence-electron chi connectivity index (χ4n) is 2.13. The molecule has 0 aliphatic carbocycles. The molecule has 0 saturated carbocycles. The molecule has 0 spiro atoms. The first-order valence-corrected chi connectivity index (χ1v) is 8.40. The zero-order chi connectivity index (χ0) is 16.1. The lowest BCUT2D eigenvalue weighted by Crippen LogP contribution is -2.47. The molecule has 120 valence electrons. The maximum absolute atomic E-state index is 12.1. The highest BCUT2D eigenvalue weighted by molar-refractivity contribution is 7.99. The average molecular weight is 332 g/mol. The first-order chi connectivity index (χ1) is 11.2. The van der Waals surface area contributed by atoms with Crippen molar-refractivity contribution in [2.45, 2.75) is 19.0 Å². The lowest BCUT2D eigenvalue weighted by molar-refractivity contribution is -0.128. The molecule has 1 atom stereocenters. The smallest absolute Gasteiger partial charge is 0.246 e. The molecule has 1 aliphatic rings. The SMILES string of the molecule is O=C1CCSC[C@@H](C(=O)NCc2nc(-c3ccccc3)no2)N1. The summed E-state index contributed by atoms with van der Waals surface area (Å²) in [6.45, 7) is 0.135. The van der Waals surface area contributed by atoms with Crippen LogP contribution in [0.25, 0.3) is 11.4 Å². The van der Waals surface area contributed by atoms with Gasteiger partial charge < -0.3 is 15.2 Å². The predicted molar refractivity (Wildman–Crippen MR) is 85.5 cm³/mol. The number of carbonyl (C=O) groups excluding carboxylic acids is 2. The van der Waals surface area contributed by atoms with Crippen molar-refractivity contribution in [2.24, 2.45) is 0 Å². The van der Waals surface area contributed by atoms with Crippen LogP contribution < -0.4 is 10.6 Å². The molecule has 1 aromatic carbocycles. The molecule has 1 aromatic heterocycles. The standard InChI is InChI=1S/C15H16N4O3S/c20-12-6-7-23-9-11(17-12)15(21)16-8-13-18-14(19-22-13)10-4-2-1-3-5-10/h1-5,11H,6-9H2,(H,16,21)(H,17,20)/t11-/m0/s1. The molecule has 7 nitrogen and oxygen atoms in total. The molecule has 2 N–H and O–H groups in total. The van der Waals surface area contributed by atoms with E-state index in [1.54, 1.807) is 11.8 Å². The summed E-state index contributed by atoms with van der Waals surface area (Å²) in [5.41, 5.74) is 0.848. The van der Waals surface area contributed by atoms with Crippen molar-refractivity contribution in [1.29, 1.82) is 0 Å². The van der Waals surface area contributed by atoms with Gasteiger partial charge in [-0.15, -0.1) is 0 Å². The summed E-state index contributed by atoms with van der Waals surface area (Å²) in [5.74, 6) is 1.76. The lowest BCUT2D eigenvalue weighted by Gasteiger charge is -2.14. The molecule has 2 heterocycles. The lowest BCUT2D eigenvalue weighted by atomic mass is 10.2. The number of amides is 2. The van der Waals surface area contributed by atoms with Crippen LogP contribution in [0.5, 0.6) is 0 Å². The van der Waals surface area contributed by atoms with Crippen LogP contribution in [-0.2, 0) is 16.1 Å². The number of rotatable bonds is 4. The van der Waals surface area contributed by atoms with Crippen molar-refractivity contribution in [3.05, 3.63) is 36.2 Å². The number of hydrogen-bond acceptors (Lipinski definition) is 6. The van der Waals surface area contributed by atoms with Gasteiger partial charge in [-0.3, -0.25) is 9.59 Å². The Morgan fingerprint density at radius 3 is 3.04 bits per heavy atom. The second-order valence-corrected chi connectivity index (χ2v) is 6.19. The van der Waals surface area contributed by atoms with Crippen LogP contribution in [0, 0.1) is 0 Å². The van der Waals surface area contributed by atoms with E-state index in [1.165, 1.54) is 0 Å². The van der Waals surface area contributed by atoms with E-state index in [2.05, 4.69) is 20.8 Å². The molecule has 23 heavy (non-hydrogen) atoms. The van der Waals surface area contributed by atoms with Gasteiger partial charge in [0.25, 0.3) is 0 Å². The van der Waals surface area contributed by atoms with Gasteiger partial charge in [-0.05, 0) is 0 Å². The van der Waals surface area contributed by atoms with Crippen molar-refractivity contribution < 1.29 is 14.1 Å². The van der Waals surface area contributed by atoms with E-state index in [1.807, 2.05) is 30.3 Å². The predicted octanol–water partition coefficient (Wildman–Crippen LogP) is 0.975. The maximum Gasteiger partial charge on any atom is 0.246 e. The van der Waals surface area contributed by atoms with Crippen LogP contribution in [0.15, 0.2) is 34.9 Å². The summed E-state index contributed by atoms with van der Waals surface area (Å²) in [5, 5.41) is 9.32. The summed E-state index contributed by atoms with van der Waals surface area (Å²) >= 11 is 1.58. The molecule has 0 radical (unpaired) electrons. The number of carbonyl (C=O) groups is 2. The Morgan fingerprint density at radius 2 is 2.22 bits per heavy atom. The third-order valence-corrected chi connectivity index (χ3v) is 4.39. The van der Waals surface area contributed by atoms with Gasteiger partial charge in [-0.1, -0.05) is 35.5 Å².